The Morgan fingerprint density at radius 3 is 2.85 bits per heavy atom. The van der Waals surface area contributed by atoms with E-state index in [1.54, 1.807) is 7.11 Å². The molecule has 1 aliphatic heterocycles. The average Bonchev–Trinajstić information content (AvgIpc) is 2.48. The van der Waals surface area contributed by atoms with Crippen LogP contribution in [0.2, 0.25) is 0 Å². The lowest BCUT2D eigenvalue weighted by Crippen LogP contribution is -2.24. The average molecular weight is 186 g/mol. The summed E-state index contributed by atoms with van der Waals surface area (Å²) in [4.78, 5) is 0. The van der Waals surface area contributed by atoms with E-state index in [0.29, 0.717) is 25.7 Å². The minimum atomic E-state index is 0.146. The summed E-state index contributed by atoms with van der Waals surface area (Å²) in [6, 6.07) is 0. The standard InChI is InChI=1S/C10H18O3/c1-4-9-8(2)10(7-13-9)12-6-5-11-3/h4,8-10H,1,5-7H2,2-3H3/t8-,9-,10+/m1/s1. The van der Waals surface area contributed by atoms with Crippen LogP contribution < -0.4 is 0 Å². The van der Waals surface area contributed by atoms with Gasteiger partial charge in [0.15, 0.2) is 0 Å². The van der Waals surface area contributed by atoms with Crippen LogP contribution in [0, 0.1) is 5.92 Å². The topological polar surface area (TPSA) is 27.7 Å². The third-order valence-corrected chi connectivity index (χ3v) is 2.41. The highest BCUT2D eigenvalue weighted by Gasteiger charge is 2.32. The van der Waals surface area contributed by atoms with Crippen molar-refractivity contribution in [2.24, 2.45) is 5.92 Å². The van der Waals surface area contributed by atoms with Gasteiger partial charge >= 0.3 is 0 Å². The second kappa shape index (κ2) is 5.37. The zero-order valence-electron chi connectivity index (χ0n) is 8.36. The van der Waals surface area contributed by atoms with E-state index in [9.17, 15) is 0 Å². The molecule has 0 aromatic rings. The maximum Gasteiger partial charge on any atom is 0.0863 e. The highest BCUT2D eigenvalue weighted by Crippen LogP contribution is 2.23. The lowest BCUT2D eigenvalue weighted by molar-refractivity contribution is 0.000638. The van der Waals surface area contributed by atoms with Crippen molar-refractivity contribution < 1.29 is 14.2 Å². The number of rotatable bonds is 5. The van der Waals surface area contributed by atoms with E-state index >= 15 is 0 Å². The lowest BCUT2D eigenvalue weighted by Gasteiger charge is -2.16. The molecule has 1 saturated heterocycles. The molecule has 0 aromatic heterocycles. The summed E-state index contributed by atoms with van der Waals surface area (Å²) >= 11 is 0. The molecule has 1 rings (SSSR count). The first-order valence-electron chi connectivity index (χ1n) is 4.64. The number of ether oxygens (including phenoxy) is 3. The van der Waals surface area contributed by atoms with Gasteiger partial charge in [0.2, 0.25) is 0 Å². The Morgan fingerprint density at radius 2 is 2.31 bits per heavy atom. The summed E-state index contributed by atoms with van der Waals surface area (Å²) in [6.45, 7) is 7.79. The second-order valence-corrected chi connectivity index (χ2v) is 3.29. The van der Waals surface area contributed by atoms with E-state index in [-0.39, 0.29) is 12.2 Å². The van der Waals surface area contributed by atoms with Crippen LogP contribution in [0.3, 0.4) is 0 Å². The van der Waals surface area contributed by atoms with Crippen molar-refractivity contribution in [1.82, 2.24) is 0 Å². The van der Waals surface area contributed by atoms with Crippen molar-refractivity contribution in [2.75, 3.05) is 26.9 Å². The third-order valence-electron chi connectivity index (χ3n) is 2.41. The minimum Gasteiger partial charge on any atom is -0.382 e. The molecule has 0 aromatic carbocycles. The Kier molecular flexibility index (Phi) is 4.42. The Balaban J connectivity index is 2.24. The van der Waals surface area contributed by atoms with E-state index in [0.717, 1.165) is 0 Å². The molecule has 0 N–H and O–H groups in total. The fourth-order valence-electron chi connectivity index (χ4n) is 1.49. The summed E-state index contributed by atoms with van der Waals surface area (Å²) in [6.07, 6.45) is 2.18. The van der Waals surface area contributed by atoms with Gasteiger partial charge in [-0.15, -0.1) is 6.58 Å². The van der Waals surface area contributed by atoms with Crippen molar-refractivity contribution in [2.45, 2.75) is 19.1 Å². The van der Waals surface area contributed by atoms with Crippen LogP contribution in [0.15, 0.2) is 12.7 Å². The Labute approximate surface area is 79.7 Å². The molecule has 0 saturated carbocycles. The SMILES string of the molecule is C=C[C@H]1OC[C@H](OCCOC)[C@@H]1C. The summed E-state index contributed by atoms with van der Waals surface area (Å²) in [5.74, 6) is 0.398. The quantitative estimate of drug-likeness (QED) is 0.477. The first-order chi connectivity index (χ1) is 6.29. The largest absolute Gasteiger partial charge is 0.382 e. The molecule has 1 aliphatic rings. The van der Waals surface area contributed by atoms with Gasteiger partial charge in [0, 0.05) is 13.0 Å². The smallest absolute Gasteiger partial charge is 0.0863 e. The van der Waals surface area contributed by atoms with Crippen molar-refractivity contribution in [1.29, 1.82) is 0 Å². The summed E-state index contributed by atoms with van der Waals surface area (Å²) in [7, 11) is 1.67. The van der Waals surface area contributed by atoms with Crippen molar-refractivity contribution in [3.05, 3.63) is 12.7 Å². The third kappa shape index (κ3) is 2.79. The highest BCUT2D eigenvalue weighted by molar-refractivity contribution is 4.92. The predicted octanol–water partition coefficient (Wildman–Crippen LogP) is 1.24. The maximum absolute atomic E-state index is 5.59. The minimum absolute atomic E-state index is 0.146. The summed E-state index contributed by atoms with van der Waals surface area (Å²) in [5, 5.41) is 0. The van der Waals surface area contributed by atoms with Gasteiger partial charge in [-0.3, -0.25) is 0 Å². The predicted molar refractivity (Wildman–Crippen MR) is 50.7 cm³/mol. The first kappa shape index (κ1) is 10.7. The van der Waals surface area contributed by atoms with Gasteiger partial charge < -0.3 is 14.2 Å². The summed E-state index contributed by atoms with van der Waals surface area (Å²) < 4.78 is 16.0. The fraction of sp³-hybridized carbons (Fsp3) is 0.800. The van der Waals surface area contributed by atoms with Crippen LogP contribution in [-0.4, -0.2) is 39.1 Å². The molecule has 1 heterocycles. The molecule has 3 atom stereocenters. The molecule has 76 valence electrons. The molecule has 1 fully saturated rings. The highest BCUT2D eigenvalue weighted by atomic mass is 16.6. The molecule has 0 aliphatic carbocycles. The number of hydrogen-bond donors (Lipinski definition) is 0. The molecule has 3 nitrogen and oxygen atoms in total. The van der Waals surface area contributed by atoms with E-state index in [1.807, 2.05) is 6.08 Å². The van der Waals surface area contributed by atoms with E-state index in [2.05, 4.69) is 13.5 Å². The molecule has 0 amide bonds. The number of hydrogen-bond acceptors (Lipinski definition) is 3. The van der Waals surface area contributed by atoms with Crippen LogP contribution in [0.5, 0.6) is 0 Å². The van der Waals surface area contributed by atoms with Gasteiger partial charge in [0.25, 0.3) is 0 Å². The van der Waals surface area contributed by atoms with Gasteiger partial charge in [-0.05, 0) is 0 Å². The van der Waals surface area contributed by atoms with E-state index < -0.39 is 0 Å². The van der Waals surface area contributed by atoms with Gasteiger partial charge in [0.05, 0.1) is 32.0 Å². The van der Waals surface area contributed by atoms with Gasteiger partial charge in [-0.1, -0.05) is 13.0 Å². The molecule has 0 bridgehead atoms. The Morgan fingerprint density at radius 1 is 1.54 bits per heavy atom. The molecular formula is C10H18O3. The van der Waals surface area contributed by atoms with Crippen LogP contribution in [0.1, 0.15) is 6.92 Å². The zero-order chi connectivity index (χ0) is 9.68. The first-order valence-corrected chi connectivity index (χ1v) is 4.64. The van der Waals surface area contributed by atoms with Crippen molar-refractivity contribution >= 4 is 0 Å². The van der Waals surface area contributed by atoms with Crippen molar-refractivity contribution in [3.63, 3.8) is 0 Å². The molecule has 0 unspecified atom stereocenters. The van der Waals surface area contributed by atoms with Gasteiger partial charge in [0.1, 0.15) is 0 Å². The fourth-order valence-corrected chi connectivity index (χ4v) is 1.49. The molecule has 3 heteroatoms. The van der Waals surface area contributed by atoms with Crippen LogP contribution in [0.4, 0.5) is 0 Å². The normalized spacial score (nSPS) is 33.5. The lowest BCUT2D eigenvalue weighted by atomic mass is 10.0. The van der Waals surface area contributed by atoms with E-state index in [4.69, 9.17) is 14.2 Å². The molecule has 13 heavy (non-hydrogen) atoms. The monoisotopic (exact) mass is 186 g/mol. The zero-order valence-corrected chi connectivity index (χ0v) is 8.36. The molecule has 0 spiro atoms. The van der Waals surface area contributed by atoms with Crippen molar-refractivity contribution in [3.8, 4) is 0 Å². The second-order valence-electron chi connectivity index (χ2n) is 3.29. The molecular weight excluding hydrogens is 168 g/mol. The Hall–Kier alpha value is -0.380. The van der Waals surface area contributed by atoms with Gasteiger partial charge in [-0.2, -0.15) is 0 Å². The van der Waals surface area contributed by atoms with Crippen LogP contribution in [-0.2, 0) is 14.2 Å². The van der Waals surface area contributed by atoms with E-state index in [1.165, 1.54) is 0 Å². The maximum atomic E-state index is 5.59. The van der Waals surface area contributed by atoms with Crippen LogP contribution in [0.25, 0.3) is 0 Å². The number of methoxy groups -OCH3 is 1. The van der Waals surface area contributed by atoms with Crippen LogP contribution >= 0.6 is 0 Å². The molecule has 0 radical (unpaired) electrons. The Bertz CT molecular complexity index is 158. The summed E-state index contributed by atoms with van der Waals surface area (Å²) in [5.41, 5.74) is 0. The van der Waals surface area contributed by atoms with Gasteiger partial charge in [-0.25, -0.2) is 0 Å².